The molecule has 0 atom stereocenters. The fourth-order valence-corrected chi connectivity index (χ4v) is 1.36. The fourth-order valence-electron chi connectivity index (χ4n) is 1.36. The van der Waals surface area contributed by atoms with Gasteiger partial charge >= 0.3 is 11.9 Å². The van der Waals surface area contributed by atoms with Crippen molar-refractivity contribution in [1.29, 1.82) is 0 Å². The summed E-state index contributed by atoms with van der Waals surface area (Å²) in [5.41, 5.74) is 0.944. The molecule has 3 heteroatoms. The predicted molar refractivity (Wildman–Crippen MR) is 47.8 cm³/mol. The van der Waals surface area contributed by atoms with Crippen LogP contribution < -0.4 is 0 Å². The average molecular weight is 180 g/mol. The molecule has 0 N–H and O–H groups in total. The van der Waals surface area contributed by atoms with Gasteiger partial charge in [-0.25, -0.2) is 9.59 Å². The van der Waals surface area contributed by atoms with Gasteiger partial charge in [-0.2, -0.15) is 0 Å². The van der Waals surface area contributed by atoms with Crippen LogP contribution in [0, 0.1) is 5.92 Å². The van der Waals surface area contributed by atoms with Crippen molar-refractivity contribution < 1.29 is 14.3 Å². The Kier molecular flexibility index (Phi) is 2.66. The number of cyclic esters (lactones) is 2. The quantitative estimate of drug-likeness (QED) is 0.376. The van der Waals surface area contributed by atoms with E-state index >= 15 is 0 Å². The van der Waals surface area contributed by atoms with Crippen LogP contribution in [0.1, 0.15) is 20.3 Å². The molecule has 0 unspecified atom stereocenters. The molecule has 0 saturated heterocycles. The third-order valence-corrected chi connectivity index (χ3v) is 1.90. The molecule has 0 aromatic rings. The fraction of sp³-hybridized carbons (Fsp3) is 0.400. The standard InChI is InChI=1S/C10H12O3/c1-4-5-7-8(6(2)3)10(12)13-9(7)11/h4,6H,1,5H2,2-3H3. The van der Waals surface area contributed by atoms with Crippen molar-refractivity contribution in [1.82, 2.24) is 0 Å². The van der Waals surface area contributed by atoms with Crippen LogP contribution in [0.4, 0.5) is 0 Å². The topological polar surface area (TPSA) is 43.4 Å². The Morgan fingerprint density at radius 2 is 2.00 bits per heavy atom. The monoisotopic (exact) mass is 180 g/mol. The van der Waals surface area contributed by atoms with Gasteiger partial charge in [0.15, 0.2) is 0 Å². The highest BCUT2D eigenvalue weighted by atomic mass is 16.6. The van der Waals surface area contributed by atoms with Gasteiger partial charge in [-0.05, 0) is 12.3 Å². The largest absolute Gasteiger partial charge is 0.386 e. The van der Waals surface area contributed by atoms with Gasteiger partial charge in [0, 0.05) is 0 Å². The second-order valence-corrected chi connectivity index (χ2v) is 3.22. The van der Waals surface area contributed by atoms with Gasteiger partial charge in [0.2, 0.25) is 0 Å². The third-order valence-electron chi connectivity index (χ3n) is 1.90. The van der Waals surface area contributed by atoms with Crippen molar-refractivity contribution in [3.05, 3.63) is 23.8 Å². The second kappa shape index (κ2) is 3.56. The van der Waals surface area contributed by atoms with Gasteiger partial charge in [-0.15, -0.1) is 6.58 Å². The smallest absolute Gasteiger partial charge is 0.342 e. The van der Waals surface area contributed by atoms with Gasteiger partial charge in [0.1, 0.15) is 0 Å². The lowest BCUT2D eigenvalue weighted by Crippen LogP contribution is -2.05. The Balaban J connectivity index is 3.09. The summed E-state index contributed by atoms with van der Waals surface area (Å²) in [6, 6.07) is 0. The summed E-state index contributed by atoms with van der Waals surface area (Å²) in [4.78, 5) is 22.3. The number of esters is 2. The lowest BCUT2D eigenvalue weighted by Gasteiger charge is -2.02. The molecule has 1 rings (SSSR count). The van der Waals surface area contributed by atoms with E-state index in [-0.39, 0.29) is 5.92 Å². The third kappa shape index (κ3) is 1.69. The maximum atomic E-state index is 11.2. The summed E-state index contributed by atoms with van der Waals surface area (Å²) in [5, 5.41) is 0. The molecule has 0 aliphatic carbocycles. The van der Waals surface area contributed by atoms with E-state index in [4.69, 9.17) is 0 Å². The van der Waals surface area contributed by atoms with Crippen molar-refractivity contribution >= 4 is 11.9 Å². The Hall–Kier alpha value is -1.38. The molecule has 70 valence electrons. The molecule has 1 aliphatic heterocycles. The minimum absolute atomic E-state index is 0.0221. The van der Waals surface area contributed by atoms with Crippen LogP contribution in [0.15, 0.2) is 23.8 Å². The summed E-state index contributed by atoms with van der Waals surface area (Å²) in [6.07, 6.45) is 2.00. The van der Waals surface area contributed by atoms with Gasteiger partial charge in [-0.1, -0.05) is 19.9 Å². The number of allylic oxidation sites excluding steroid dienone is 1. The zero-order chi connectivity index (χ0) is 10.0. The highest BCUT2D eigenvalue weighted by Crippen LogP contribution is 2.26. The second-order valence-electron chi connectivity index (χ2n) is 3.22. The van der Waals surface area contributed by atoms with Crippen molar-refractivity contribution in [2.24, 2.45) is 5.92 Å². The molecule has 0 fully saturated rings. The van der Waals surface area contributed by atoms with Crippen LogP contribution in [-0.2, 0) is 14.3 Å². The SMILES string of the molecule is C=CCC1=C(C(C)C)C(=O)OC1=O. The Labute approximate surface area is 77.1 Å². The molecule has 0 bridgehead atoms. The Morgan fingerprint density at radius 1 is 1.38 bits per heavy atom. The van der Waals surface area contributed by atoms with Crippen molar-refractivity contribution in [3.8, 4) is 0 Å². The molecule has 0 amide bonds. The summed E-state index contributed by atoms with van der Waals surface area (Å²) in [7, 11) is 0. The van der Waals surface area contributed by atoms with Gasteiger partial charge in [-0.3, -0.25) is 0 Å². The molecule has 3 nitrogen and oxygen atoms in total. The first-order valence-corrected chi connectivity index (χ1v) is 4.18. The van der Waals surface area contributed by atoms with Crippen LogP contribution in [-0.4, -0.2) is 11.9 Å². The van der Waals surface area contributed by atoms with Crippen molar-refractivity contribution in [2.75, 3.05) is 0 Å². The lowest BCUT2D eigenvalue weighted by atomic mass is 9.97. The van der Waals surface area contributed by atoms with E-state index in [0.717, 1.165) is 0 Å². The molecule has 1 heterocycles. The normalized spacial score (nSPS) is 16.8. The molecule has 0 aromatic carbocycles. The minimum atomic E-state index is -0.520. The van der Waals surface area contributed by atoms with E-state index in [0.29, 0.717) is 17.6 Å². The minimum Gasteiger partial charge on any atom is -0.386 e. The number of hydrogen-bond acceptors (Lipinski definition) is 3. The number of rotatable bonds is 3. The van der Waals surface area contributed by atoms with E-state index in [2.05, 4.69) is 11.3 Å². The average Bonchev–Trinajstić information content (AvgIpc) is 2.27. The molecule has 0 saturated carbocycles. The van der Waals surface area contributed by atoms with Crippen LogP contribution in [0.5, 0.6) is 0 Å². The first kappa shape index (κ1) is 9.71. The summed E-state index contributed by atoms with van der Waals surface area (Å²) in [5.74, 6) is -1.00. The number of ether oxygens (including phenoxy) is 1. The van der Waals surface area contributed by atoms with Crippen LogP contribution >= 0.6 is 0 Å². The van der Waals surface area contributed by atoms with Crippen LogP contribution in [0.3, 0.4) is 0 Å². The number of carbonyl (C=O) groups is 2. The maximum absolute atomic E-state index is 11.2. The van der Waals surface area contributed by atoms with Crippen molar-refractivity contribution in [3.63, 3.8) is 0 Å². The van der Waals surface area contributed by atoms with Crippen LogP contribution in [0.25, 0.3) is 0 Å². The van der Waals surface area contributed by atoms with E-state index in [9.17, 15) is 9.59 Å². The Morgan fingerprint density at radius 3 is 2.46 bits per heavy atom. The van der Waals surface area contributed by atoms with Gasteiger partial charge in [0.05, 0.1) is 11.1 Å². The first-order valence-electron chi connectivity index (χ1n) is 4.18. The first-order chi connectivity index (χ1) is 6.07. The van der Waals surface area contributed by atoms with E-state index in [1.54, 1.807) is 6.08 Å². The molecule has 0 spiro atoms. The van der Waals surface area contributed by atoms with E-state index in [1.807, 2.05) is 13.8 Å². The lowest BCUT2D eigenvalue weighted by molar-refractivity contribution is -0.151. The summed E-state index contributed by atoms with van der Waals surface area (Å²) < 4.78 is 4.50. The molecule has 0 aromatic heterocycles. The van der Waals surface area contributed by atoms with Gasteiger partial charge < -0.3 is 4.74 Å². The van der Waals surface area contributed by atoms with E-state index in [1.165, 1.54) is 0 Å². The molecule has 1 aliphatic rings. The Bertz CT molecular complexity index is 297. The summed E-state index contributed by atoms with van der Waals surface area (Å²) >= 11 is 0. The van der Waals surface area contributed by atoms with E-state index < -0.39 is 11.9 Å². The number of carbonyl (C=O) groups excluding carboxylic acids is 2. The molecular weight excluding hydrogens is 168 g/mol. The highest BCUT2D eigenvalue weighted by Gasteiger charge is 2.33. The number of hydrogen-bond donors (Lipinski definition) is 0. The highest BCUT2D eigenvalue weighted by molar-refractivity contribution is 6.12. The van der Waals surface area contributed by atoms with Crippen LogP contribution in [0.2, 0.25) is 0 Å². The van der Waals surface area contributed by atoms with Gasteiger partial charge in [0.25, 0.3) is 0 Å². The zero-order valence-electron chi connectivity index (χ0n) is 7.79. The molecular formula is C10H12O3. The predicted octanol–water partition coefficient (Wildman–Crippen LogP) is 1.60. The zero-order valence-corrected chi connectivity index (χ0v) is 7.79. The summed E-state index contributed by atoms with van der Waals surface area (Å²) in [6.45, 7) is 7.24. The van der Waals surface area contributed by atoms with Crippen molar-refractivity contribution in [2.45, 2.75) is 20.3 Å². The molecule has 0 radical (unpaired) electrons. The maximum Gasteiger partial charge on any atom is 0.342 e. The molecule has 13 heavy (non-hydrogen) atoms.